The largest absolute Gasteiger partial charge is 0.368 e. The van der Waals surface area contributed by atoms with Gasteiger partial charge in [0, 0.05) is 0 Å². The van der Waals surface area contributed by atoms with Crippen LogP contribution in [-0.2, 0) is 20.0 Å². The molecule has 134 valence electrons. The second-order valence-corrected chi connectivity index (χ2v) is 8.82. The Bertz CT molecular complexity index is 1010. The summed E-state index contributed by atoms with van der Waals surface area (Å²) in [5.41, 5.74) is 6.10. The lowest BCUT2D eigenvalue weighted by atomic mass is 10.2. The lowest BCUT2D eigenvalue weighted by Gasteiger charge is -2.23. The number of hydrazine groups is 1. The van der Waals surface area contributed by atoms with Crippen LogP contribution in [0, 0.1) is 12.3 Å². The number of nitrogens with one attached hydrogen (secondary N) is 2. The van der Waals surface area contributed by atoms with Gasteiger partial charge in [-0.1, -0.05) is 41.4 Å². The molecule has 0 aromatic heterocycles. The molecule has 0 unspecified atom stereocenters. The molecular weight excluding hydrogens is 388 g/mol. The van der Waals surface area contributed by atoms with Gasteiger partial charge >= 0.3 is 0 Å². The van der Waals surface area contributed by atoms with Crippen LogP contribution in [0.25, 0.3) is 0 Å². The zero-order valence-electron chi connectivity index (χ0n) is 13.0. The minimum atomic E-state index is -4.52. The Morgan fingerprint density at radius 2 is 1.64 bits per heavy atom. The number of aryl methyl sites for hydroxylation is 1. The minimum absolute atomic E-state index is 0.0589. The van der Waals surface area contributed by atoms with Crippen molar-refractivity contribution >= 4 is 37.6 Å². The first-order valence-corrected chi connectivity index (χ1v) is 10.1. The van der Waals surface area contributed by atoms with Crippen LogP contribution in [-0.4, -0.2) is 27.2 Å². The lowest BCUT2D eigenvalue weighted by Crippen LogP contribution is -2.52. The van der Waals surface area contributed by atoms with E-state index in [-0.39, 0.29) is 14.3 Å². The average molecular weight is 403 g/mol. The second-order valence-electron chi connectivity index (χ2n) is 4.99. The highest BCUT2D eigenvalue weighted by Gasteiger charge is 2.32. The first-order valence-electron chi connectivity index (χ1n) is 6.79. The number of rotatable bonds is 5. The third-order valence-corrected chi connectivity index (χ3v) is 6.66. The Labute approximate surface area is 150 Å². The van der Waals surface area contributed by atoms with Crippen molar-refractivity contribution in [1.29, 1.82) is 5.41 Å². The van der Waals surface area contributed by atoms with Gasteiger partial charge in [-0.3, -0.25) is 5.41 Å². The smallest absolute Gasteiger partial charge is 0.282 e. The van der Waals surface area contributed by atoms with Crippen molar-refractivity contribution < 1.29 is 16.8 Å². The van der Waals surface area contributed by atoms with Crippen molar-refractivity contribution in [3.8, 4) is 0 Å². The summed E-state index contributed by atoms with van der Waals surface area (Å²) in [6.45, 7) is 1.77. The molecular formula is C14H15ClN4O4S2. The van der Waals surface area contributed by atoms with E-state index < -0.39 is 30.9 Å². The van der Waals surface area contributed by atoms with Crippen LogP contribution in [0.4, 0.5) is 0 Å². The summed E-state index contributed by atoms with van der Waals surface area (Å²) in [4.78, 5) is 1.23. The molecule has 11 heteroatoms. The van der Waals surface area contributed by atoms with Gasteiger partial charge in [-0.25, -0.2) is 8.42 Å². The number of guanidine groups is 1. The molecule has 2 aromatic rings. The molecule has 25 heavy (non-hydrogen) atoms. The van der Waals surface area contributed by atoms with E-state index in [9.17, 15) is 16.8 Å². The SMILES string of the molecule is Cc1ccc(S(=O)(=O)NN(C(=N)N)S(=O)(=O)c2ccccc2Cl)cc1. The maximum atomic E-state index is 12.7. The molecule has 0 bridgehead atoms. The standard InChI is InChI=1S/C14H15ClN4O4S2/c1-10-6-8-11(9-7-10)24(20,21)18-19(14(16)17)25(22,23)13-5-3-2-4-12(13)15/h2-9,18H,1H3,(H3,16,17). The highest BCUT2D eigenvalue weighted by Crippen LogP contribution is 2.24. The van der Waals surface area contributed by atoms with Crippen LogP contribution in [0.2, 0.25) is 5.02 Å². The molecule has 2 rings (SSSR count). The maximum Gasteiger partial charge on any atom is 0.282 e. The Morgan fingerprint density at radius 1 is 1.08 bits per heavy atom. The van der Waals surface area contributed by atoms with E-state index in [4.69, 9.17) is 22.7 Å². The van der Waals surface area contributed by atoms with Crippen molar-refractivity contribution in [1.82, 2.24) is 9.25 Å². The van der Waals surface area contributed by atoms with Gasteiger partial charge in [-0.15, -0.1) is 4.83 Å². The molecule has 0 aliphatic carbocycles. The van der Waals surface area contributed by atoms with Gasteiger partial charge in [-0.2, -0.15) is 12.8 Å². The van der Waals surface area contributed by atoms with E-state index in [0.717, 1.165) is 5.56 Å². The van der Waals surface area contributed by atoms with E-state index >= 15 is 0 Å². The first-order chi connectivity index (χ1) is 11.6. The molecule has 0 aliphatic heterocycles. The zero-order valence-corrected chi connectivity index (χ0v) is 15.4. The Morgan fingerprint density at radius 3 is 2.16 bits per heavy atom. The van der Waals surface area contributed by atoms with E-state index in [1.165, 1.54) is 36.4 Å². The van der Waals surface area contributed by atoms with E-state index in [0.29, 0.717) is 0 Å². The minimum Gasteiger partial charge on any atom is -0.368 e. The van der Waals surface area contributed by atoms with Gasteiger partial charge < -0.3 is 5.73 Å². The predicted octanol–water partition coefficient (Wildman–Crippen LogP) is 1.43. The molecule has 0 amide bonds. The summed E-state index contributed by atoms with van der Waals surface area (Å²) < 4.78 is 50.2. The van der Waals surface area contributed by atoms with Crippen molar-refractivity contribution in [3.05, 3.63) is 59.1 Å². The molecule has 0 fully saturated rings. The topological polar surface area (TPSA) is 133 Å². The summed E-state index contributed by atoms with van der Waals surface area (Å²) in [6, 6.07) is 11.1. The fourth-order valence-corrected chi connectivity index (χ4v) is 4.91. The summed E-state index contributed by atoms with van der Waals surface area (Å²) in [5.74, 6) is -1.03. The number of nitrogens with zero attached hydrogens (tertiary/aromatic N) is 1. The third kappa shape index (κ3) is 4.10. The second kappa shape index (κ2) is 7.00. The van der Waals surface area contributed by atoms with E-state index in [1.54, 1.807) is 23.9 Å². The molecule has 8 nitrogen and oxygen atoms in total. The Balaban J connectivity index is 2.47. The summed E-state index contributed by atoms with van der Waals surface area (Å²) in [7, 11) is -8.81. The average Bonchev–Trinajstić information content (AvgIpc) is 2.53. The molecule has 0 radical (unpaired) electrons. The number of halogens is 1. The van der Waals surface area contributed by atoms with Crippen molar-refractivity contribution in [2.45, 2.75) is 16.7 Å². The van der Waals surface area contributed by atoms with E-state index in [2.05, 4.69) is 0 Å². The predicted molar refractivity (Wildman–Crippen MR) is 93.9 cm³/mol. The molecule has 0 heterocycles. The summed E-state index contributed by atoms with van der Waals surface area (Å²) in [5, 5.41) is 7.32. The quantitative estimate of drug-likeness (QED) is 0.395. The van der Waals surface area contributed by atoms with Crippen LogP contribution in [0.1, 0.15) is 5.56 Å². The highest BCUT2D eigenvalue weighted by molar-refractivity contribution is 7.92. The molecule has 0 atom stereocenters. The Kier molecular flexibility index (Phi) is 5.37. The summed E-state index contributed by atoms with van der Waals surface area (Å²) in [6.07, 6.45) is 0. The van der Waals surface area contributed by atoms with Crippen LogP contribution < -0.4 is 10.6 Å². The number of benzene rings is 2. The number of hydrogen-bond acceptors (Lipinski definition) is 5. The van der Waals surface area contributed by atoms with Gasteiger partial charge in [0.15, 0.2) is 0 Å². The zero-order chi connectivity index (χ0) is 18.8. The lowest BCUT2D eigenvalue weighted by molar-refractivity contribution is 0.480. The van der Waals surface area contributed by atoms with Gasteiger partial charge in [0.25, 0.3) is 20.0 Å². The van der Waals surface area contributed by atoms with Crippen molar-refractivity contribution in [2.75, 3.05) is 0 Å². The number of sulfonamides is 2. The Hall–Kier alpha value is -2.14. The third-order valence-electron chi connectivity index (χ3n) is 3.11. The molecule has 0 aliphatic rings. The first kappa shape index (κ1) is 19.2. The van der Waals surface area contributed by atoms with Crippen LogP contribution in [0.15, 0.2) is 58.3 Å². The molecule has 0 spiro atoms. The fourth-order valence-electron chi connectivity index (χ4n) is 1.86. The number of nitrogens with two attached hydrogens (primary N) is 1. The van der Waals surface area contributed by atoms with Crippen LogP contribution in [0.5, 0.6) is 0 Å². The van der Waals surface area contributed by atoms with Crippen molar-refractivity contribution in [3.63, 3.8) is 0 Å². The highest BCUT2D eigenvalue weighted by atomic mass is 35.5. The monoisotopic (exact) mass is 402 g/mol. The van der Waals surface area contributed by atoms with Gasteiger partial charge in [0.05, 0.1) is 9.92 Å². The van der Waals surface area contributed by atoms with Gasteiger partial charge in [-0.05, 0) is 31.2 Å². The van der Waals surface area contributed by atoms with Gasteiger partial charge in [0.2, 0.25) is 5.96 Å². The summed E-state index contributed by atoms with van der Waals surface area (Å²) >= 11 is 5.87. The van der Waals surface area contributed by atoms with Gasteiger partial charge in [0.1, 0.15) is 4.90 Å². The van der Waals surface area contributed by atoms with Crippen molar-refractivity contribution in [2.24, 2.45) is 5.73 Å². The van der Waals surface area contributed by atoms with Crippen LogP contribution >= 0.6 is 11.6 Å². The normalized spacial score (nSPS) is 11.9. The van der Waals surface area contributed by atoms with Crippen LogP contribution in [0.3, 0.4) is 0 Å². The number of hydrogen-bond donors (Lipinski definition) is 3. The molecule has 2 aromatic carbocycles. The molecule has 0 saturated carbocycles. The van der Waals surface area contributed by atoms with E-state index in [1.807, 2.05) is 0 Å². The maximum absolute atomic E-state index is 12.7. The molecule has 0 saturated heterocycles. The molecule has 4 N–H and O–H groups in total. The fraction of sp³-hybridized carbons (Fsp3) is 0.0714.